The first-order valence-electron chi connectivity index (χ1n) is 8.05. The predicted octanol–water partition coefficient (Wildman–Crippen LogP) is 5.35. The van der Waals surface area contributed by atoms with Crippen molar-refractivity contribution >= 4 is 73.1 Å². The van der Waals surface area contributed by atoms with Crippen LogP contribution >= 0.6 is 50.3 Å². The monoisotopic (exact) mass is 558 g/mol. The highest BCUT2D eigenvalue weighted by Gasteiger charge is 2.24. The Balaban J connectivity index is 1.86. The number of nitrogens with zero attached hydrogens (tertiary/aromatic N) is 1. The fourth-order valence-electron chi connectivity index (χ4n) is 2.37. The summed E-state index contributed by atoms with van der Waals surface area (Å²) in [6, 6.07) is 11.4. The molecule has 1 N–H and O–H groups in total. The Hall–Kier alpha value is -1.52. The van der Waals surface area contributed by atoms with E-state index in [1.54, 1.807) is 7.11 Å². The van der Waals surface area contributed by atoms with E-state index in [0.29, 0.717) is 28.2 Å². The lowest BCUT2D eigenvalue weighted by Gasteiger charge is -2.12. The van der Waals surface area contributed by atoms with Crippen molar-refractivity contribution in [2.75, 3.05) is 13.7 Å². The topological polar surface area (TPSA) is 59.9 Å². The van der Waals surface area contributed by atoms with Crippen molar-refractivity contribution in [2.45, 2.75) is 6.92 Å². The molecule has 8 heteroatoms. The zero-order chi connectivity index (χ0) is 19.4. The molecule has 0 bridgehead atoms. The number of nitrogens with one attached hydrogen (secondary N) is 1. The van der Waals surface area contributed by atoms with Crippen LogP contribution in [0, 0.1) is 3.57 Å². The van der Waals surface area contributed by atoms with Gasteiger partial charge in [-0.05, 0) is 89.3 Å². The highest BCUT2D eigenvalue weighted by molar-refractivity contribution is 14.1. The van der Waals surface area contributed by atoms with Crippen LogP contribution in [0.2, 0.25) is 0 Å². The van der Waals surface area contributed by atoms with Crippen LogP contribution < -0.4 is 14.8 Å². The molecule has 0 radical (unpaired) electrons. The molecular weight excluding hydrogens is 543 g/mol. The lowest BCUT2D eigenvalue weighted by Crippen LogP contribution is -2.19. The maximum atomic E-state index is 12.3. The first-order chi connectivity index (χ1) is 13.0. The maximum absolute atomic E-state index is 12.3. The Kier molecular flexibility index (Phi) is 6.83. The van der Waals surface area contributed by atoms with E-state index in [4.69, 9.17) is 9.47 Å². The van der Waals surface area contributed by atoms with Crippen LogP contribution in [0.25, 0.3) is 6.08 Å². The van der Waals surface area contributed by atoms with Gasteiger partial charge in [0.2, 0.25) is 0 Å². The van der Waals surface area contributed by atoms with E-state index in [1.807, 2.05) is 49.4 Å². The number of carbonyl (C=O) groups excluding carboxylic acids is 1. The molecule has 1 saturated heterocycles. The van der Waals surface area contributed by atoms with Gasteiger partial charge in [-0.15, -0.1) is 0 Å². The lowest BCUT2D eigenvalue weighted by molar-refractivity contribution is -0.115. The van der Waals surface area contributed by atoms with Crippen molar-refractivity contribution in [2.24, 2.45) is 4.99 Å². The smallest absolute Gasteiger partial charge is 0.264 e. The third-order valence-corrected chi connectivity index (χ3v) is 5.79. The van der Waals surface area contributed by atoms with Gasteiger partial charge in [-0.25, -0.2) is 4.99 Å². The molecule has 0 aromatic heterocycles. The Morgan fingerprint density at radius 1 is 1.30 bits per heavy atom. The summed E-state index contributed by atoms with van der Waals surface area (Å²) in [7, 11) is 1.60. The van der Waals surface area contributed by atoms with E-state index in [-0.39, 0.29) is 5.91 Å². The third kappa shape index (κ3) is 5.05. The summed E-state index contributed by atoms with van der Waals surface area (Å²) in [6.07, 6.45) is 1.82. The number of amides is 1. The van der Waals surface area contributed by atoms with E-state index in [1.165, 1.54) is 11.8 Å². The molecule has 0 atom stereocenters. The van der Waals surface area contributed by atoms with Crippen LogP contribution in [0.5, 0.6) is 11.5 Å². The van der Waals surface area contributed by atoms with Gasteiger partial charge in [0.05, 0.1) is 27.9 Å². The molecular formula is C19H16BrIN2O3S. The van der Waals surface area contributed by atoms with E-state index >= 15 is 0 Å². The van der Waals surface area contributed by atoms with Crippen LogP contribution in [0.4, 0.5) is 5.69 Å². The van der Waals surface area contributed by atoms with Gasteiger partial charge in [-0.2, -0.15) is 0 Å². The van der Waals surface area contributed by atoms with Crippen molar-refractivity contribution < 1.29 is 14.3 Å². The summed E-state index contributed by atoms with van der Waals surface area (Å²) < 4.78 is 13.0. The summed E-state index contributed by atoms with van der Waals surface area (Å²) >= 11 is 6.91. The first kappa shape index (κ1) is 20.2. The molecule has 0 unspecified atom stereocenters. The summed E-state index contributed by atoms with van der Waals surface area (Å²) in [6.45, 7) is 2.48. The minimum atomic E-state index is -0.168. The Labute approximate surface area is 183 Å². The molecule has 1 aliphatic rings. The number of rotatable bonds is 5. The number of hydrogen-bond acceptors (Lipinski definition) is 5. The maximum Gasteiger partial charge on any atom is 0.264 e. The number of methoxy groups -OCH3 is 1. The minimum Gasteiger partial charge on any atom is -0.493 e. The summed E-state index contributed by atoms with van der Waals surface area (Å²) in [5.41, 5.74) is 1.64. The Morgan fingerprint density at radius 3 is 2.70 bits per heavy atom. The average molecular weight is 559 g/mol. The largest absolute Gasteiger partial charge is 0.493 e. The first-order valence-corrected chi connectivity index (χ1v) is 10.7. The molecule has 1 amide bonds. The Morgan fingerprint density at radius 2 is 2.04 bits per heavy atom. The quantitative estimate of drug-likeness (QED) is 0.397. The standard InChI is InChI=1S/C19H16BrIN2O3S/c1-3-26-17-14(21)8-11(9-15(17)25-2)10-16-18(24)23-19(27-16)22-13-6-4-12(20)5-7-13/h4-10H,3H2,1-2H3,(H,22,23,24)/b16-10-. The van der Waals surface area contributed by atoms with Crippen LogP contribution in [-0.2, 0) is 4.79 Å². The van der Waals surface area contributed by atoms with Crippen LogP contribution in [0.3, 0.4) is 0 Å². The molecule has 0 saturated carbocycles. The highest BCUT2D eigenvalue weighted by atomic mass is 127. The third-order valence-electron chi connectivity index (χ3n) is 3.55. The number of amidine groups is 1. The number of aliphatic imine (C=N–C) groups is 1. The highest BCUT2D eigenvalue weighted by Crippen LogP contribution is 2.36. The van der Waals surface area contributed by atoms with Gasteiger partial charge in [-0.3, -0.25) is 4.79 Å². The van der Waals surface area contributed by atoms with Crippen molar-refractivity contribution in [1.29, 1.82) is 0 Å². The summed E-state index contributed by atoms with van der Waals surface area (Å²) in [5.74, 6) is 1.19. The van der Waals surface area contributed by atoms with Gasteiger partial charge in [0.25, 0.3) is 5.91 Å². The molecule has 1 fully saturated rings. The van der Waals surface area contributed by atoms with Gasteiger partial charge in [0.1, 0.15) is 0 Å². The summed E-state index contributed by atoms with van der Waals surface area (Å²) in [4.78, 5) is 17.3. The fraction of sp³-hybridized carbons (Fsp3) is 0.158. The second-order valence-corrected chi connectivity index (χ2v) is 8.53. The number of halogens is 2. The number of benzene rings is 2. The molecule has 27 heavy (non-hydrogen) atoms. The molecule has 1 heterocycles. The van der Waals surface area contributed by atoms with E-state index in [0.717, 1.165) is 19.3 Å². The zero-order valence-electron chi connectivity index (χ0n) is 14.6. The second-order valence-electron chi connectivity index (χ2n) is 5.43. The van der Waals surface area contributed by atoms with Crippen molar-refractivity contribution in [3.63, 3.8) is 0 Å². The van der Waals surface area contributed by atoms with Crippen molar-refractivity contribution in [1.82, 2.24) is 5.32 Å². The summed E-state index contributed by atoms with van der Waals surface area (Å²) in [5, 5.41) is 3.36. The number of thioether (sulfide) groups is 1. The molecule has 0 aliphatic carbocycles. The molecule has 2 aromatic rings. The lowest BCUT2D eigenvalue weighted by atomic mass is 10.2. The van der Waals surface area contributed by atoms with Gasteiger partial charge in [0.15, 0.2) is 16.7 Å². The molecule has 5 nitrogen and oxygen atoms in total. The Bertz CT molecular complexity index is 929. The molecule has 3 rings (SSSR count). The average Bonchev–Trinajstić information content (AvgIpc) is 2.98. The van der Waals surface area contributed by atoms with E-state index in [2.05, 4.69) is 48.8 Å². The van der Waals surface area contributed by atoms with Gasteiger partial charge in [-0.1, -0.05) is 15.9 Å². The second kappa shape index (κ2) is 9.11. The number of hydrogen-bond donors (Lipinski definition) is 1. The number of ether oxygens (including phenoxy) is 2. The van der Waals surface area contributed by atoms with Crippen molar-refractivity contribution in [3.8, 4) is 11.5 Å². The molecule has 140 valence electrons. The number of carbonyl (C=O) groups is 1. The molecule has 1 aliphatic heterocycles. The SMILES string of the molecule is CCOc1c(I)cc(/C=C2\SC(=Nc3ccc(Br)cc3)NC2=O)cc1OC. The van der Waals surface area contributed by atoms with Crippen LogP contribution in [-0.4, -0.2) is 24.8 Å². The van der Waals surface area contributed by atoms with Crippen LogP contribution in [0.15, 0.2) is 50.8 Å². The van der Waals surface area contributed by atoms with E-state index < -0.39 is 0 Å². The fourth-order valence-corrected chi connectivity index (χ4v) is 4.26. The van der Waals surface area contributed by atoms with Gasteiger partial charge >= 0.3 is 0 Å². The van der Waals surface area contributed by atoms with E-state index in [9.17, 15) is 4.79 Å². The minimum absolute atomic E-state index is 0.168. The zero-order valence-corrected chi connectivity index (χ0v) is 19.1. The van der Waals surface area contributed by atoms with Gasteiger partial charge < -0.3 is 14.8 Å². The predicted molar refractivity (Wildman–Crippen MR) is 122 cm³/mol. The van der Waals surface area contributed by atoms with Crippen molar-refractivity contribution in [3.05, 3.63) is 54.9 Å². The normalized spacial score (nSPS) is 16.7. The van der Waals surface area contributed by atoms with Crippen LogP contribution in [0.1, 0.15) is 12.5 Å². The molecule has 0 spiro atoms. The molecule has 2 aromatic carbocycles. The van der Waals surface area contributed by atoms with Gasteiger partial charge in [0, 0.05) is 4.47 Å².